The first kappa shape index (κ1) is 22.7. The molecule has 1 aliphatic heterocycles. The molecule has 2 aromatic rings. The fourth-order valence-electron chi connectivity index (χ4n) is 6.39. The van der Waals surface area contributed by atoms with Gasteiger partial charge < -0.3 is 4.42 Å². The van der Waals surface area contributed by atoms with Crippen LogP contribution in [-0.2, 0) is 9.59 Å². The van der Waals surface area contributed by atoms with Gasteiger partial charge in [0.1, 0.15) is 5.76 Å². The summed E-state index contributed by atoms with van der Waals surface area (Å²) in [5.74, 6) is 2.18. The average Bonchev–Trinajstić information content (AvgIpc) is 3.33. The predicted octanol–water partition coefficient (Wildman–Crippen LogP) is 6.53. The van der Waals surface area contributed by atoms with Crippen LogP contribution in [0.3, 0.4) is 0 Å². The zero-order valence-electron chi connectivity index (χ0n) is 18.3. The lowest BCUT2D eigenvalue weighted by Crippen LogP contribution is -2.57. The molecule has 34 heavy (non-hydrogen) atoms. The lowest BCUT2D eigenvalue weighted by Gasteiger charge is -2.55. The Morgan fingerprint density at radius 3 is 2.41 bits per heavy atom. The Hall–Kier alpha value is -1.74. The van der Waals surface area contributed by atoms with Crippen molar-refractivity contribution in [2.45, 2.75) is 48.5 Å². The molecule has 4 aliphatic carbocycles. The summed E-state index contributed by atoms with van der Waals surface area (Å²) in [5.41, 5.74) is 2.55. The molecule has 1 N–H and O–H groups in total. The van der Waals surface area contributed by atoms with Gasteiger partial charge in [-0.25, -0.2) is 0 Å². The topological polar surface area (TPSA) is 62.6 Å². The lowest BCUT2D eigenvalue weighted by atomic mass is 9.49. The van der Waals surface area contributed by atoms with Gasteiger partial charge in [-0.1, -0.05) is 35.1 Å². The fraction of sp³-hybridized carbons (Fsp3) is 0.400. The minimum atomic E-state index is -0.337. The first-order chi connectivity index (χ1) is 16.4. The third kappa shape index (κ3) is 4.23. The number of hydrazine groups is 1. The summed E-state index contributed by atoms with van der Waals surface area (Å²) in [6.45, 7) is 0. The summed E-state index contributed by atoms with van der Waals surface area (Å²) in [6, 6.07) is 11.2. The highest BCUT2D eigenvalue weighted by atomic mass is 35.5. The number of halogens is 1. The van der Waals surface area contributed by atoms with Gasteiger partial charge in [0.05, 0.1) is 10.3 Å². The SMILES string of the molecule is O=C1/C(=C/c2ccc(Sc3ccc(Cl)cc3)o2)SC(=S)N1NC(=O)C12CC3CC(CC(C3)C1)C2. The van der Waals surface area contributed by atoms with Crippen LogP contribution < -0.4 is 5.43 Å². The number of benzene rings is 1. The maximum atomic E-state index is 13.4. The van der Waals surface area contributed by atoms with E-state index in [2.05, 4.69) is 5.43 Å². The van der Waals surface area contributed by atoms with E-state index in [0.29, 0.717) is 42.9 Å². The van der Waals surface area contributed by atoms with Crippen LogP contribution in [0.5, 0.6) is 0 Å². The third-order valence-electron chi connectivity index (χ3n) is 7.43. The molecule has 5 aliphatic rings. The van der Waals surface area contributed by atoms with Crippen molar-refractivity contribution >= 4 is 69.6 Å². The number of thiocarbonyl (C=S) groups is 1. The Kier molecular flexibility index (Phi) is 5.83. The first-order valence-electron chi connectivity index (χ1n) is 11.5. The largest absolute Gasteiger partial charge is 0.450 e. The second kappa shape index (κ2) is 8.73. The summed E-state index contributed by atoms with van der Waals surface area (Å²) in [4.78, 5) is 27.9. The third-order valence-corrected chi connectivity index (χ3v) is 9.92. The van der Waals surface area contributed by atoms with Gasteiger partial charge in [0.25, 0.3) is 5.91 Å². The van der Waals surface area contributed by atoms with E-state index in [1.54, 1.807) is 6.08 Å². The van der Waals surface area contributed by atoms with Crippen LogP contribution in [0.25, 0.3) is 6.08 Å². The number of hydrogen-bond acceptors (Lipinski definition) is 6. The maximum Gasteiger partial charge on any atom is 0.285 e. The highest BCUT2D eigenvalue weighted by Gasteiger charge is 2.55. The number of rotatable bonds is 5. The maximum absolute atomic E-state index is 13.4. The van der Waals surface area contributed by atoms with Crippen molar-refractivity contribution in [1.82, 2.24) is 10.4 Å². The van der Waals surface area contributed by atoms with E-state index in [-0.39, 0.29) is 17.2 Å². The van der Waals surface area contributed by atoms with Gasteiger partial charge in [-0.05, 0) is 105 Å². The van der Waals surface area contributed by atoms with E-state index in [0.717, 1.165) is 24.2 Å². The molecule has 2 heterocycles. The molecule has 176 valence electrons. The number of amides is 2. The van der Waals surface area contributed by atoms with Crippen LogP contribution in [0, 0.1) is 23.2 Å². The zero-order chi connectivity index (χ0) is 23.4. The van der Waals surface area contributed by atoms with Gasteiger partial charge in [0.2, 0.25) is 5.91 Å². The van der Waals surface area contributed by atoms with Crippen LogP contribution in [0.4, 0.5) is 0 Å². The molecule has 7 rings (SSSR count). The van der Waals surface area contributed by atoms with Crippen LogP contribution in [0.15, 0.2) is 55.7 Å². The Labute approximate surface area is 217 Å². The minimum Gasteiger partial charge on any atom is -0.450 e. The molecule has 1 aromatic carbocycles. The monoisotopic (exact) mass is 530 g/mol. The number of furan rings is 1. The second-order valence-electron chi connectivity index (χ2n) is 9.87. The molecule has 0 spiro atoms. The number of nitrogens with one attached hydrogen (secondary N) is 1. The van der Waals surface area contributed by atoms with Gasteiger partial charge in [-0.2, -0.15) is 5.01 Å². The Bertz CT molecular complexity index is 1170. The number of nitrogens with zero attached hydrogens (tertiary/aromatic N) is 1. The number of carbonyl (C=O) groups is 2. The smallest absolute Gasteiger partial charge is 0.285 e. The van der Waals surface area contributed by atoms with Crippen molar-refractivity contribution in [1.29, 1.82) is 0 Å². The average molecular weight is 531 g/mol. The van der Waals surface area contributed by atoms with Gasteiger partial charge in [0, 0.05) is 16.0 Å². The molecule has 1 aromatic heterocycles. The molecule has 0 radical (unpaired) electrons. The highest BCUT2D eigenvalue weighted by Crippen LogP contribution is 2.60. The van der Waals surface area contributed by atoms with E-state index >= 15 is 0 Å². The van der Waals surface area contributed by atoms with Crippen molar-refractivity contribution < 1.29 is 14.0 Å². The van der Waals surface area contributed by atoms with Crippen molar-refractivity contribution in [3.8, 4) is 0 Å². The van der Waals surface area contributed by atoms with Crippen molar-refractivity contribution in [3.05, 3.63) is 52.1 Å². The molecule has 4 saturated carbocycles. The summed E-state index contributed by atoms with van der Waals surface area (Å²) in [6.07, 6.45) is 8.29. The zero-order valence-corrected chi connectivity index (χ0v) is 21.5. The van der Waals surface area contributed by atoms with Crippen LogP contribution in [-0.4, -0.2) is 21.1 Å². The normalized spacial score (nSPS) is 31.0. The fourth-order valence-corrected chi connectivity index (χ4v) is 8.45. The molecule has 9 heteroatoms. The molecule has 5 nitrogen and oxygen atoms in total. The molecule has 1 saturated heterocycles. The van der Waals surface area contributed by atoms with E-state index in [4.69, 9.17) is 28.2 Å². The highest BCUT2D eigenvalue weighted by molar-refractivity contribution is 8.26. The molecular weight excluding hydrogens is 508 g/mol. The summed E-state index contributed by atoms with van der Waals surface area (Å²) < 4.78 is 6.23. The van der Waals surface area contributed by atoms with Gasteiger partial charge in [-0.3, -0.25) is 15.0 Å². The van der Waals surface area contributed by atoms with Gasteiger partial charge in [0.15, 0.2) is 9.41 Å². The second-order valence-corrected chi connectivity index (χ2v) is 13.1. The summed E-state index contributed by atoms with van der Waals surface area (Å²) in [5, 5.41) is 2.64. The van der Waals surface area contributed by atoms with E-state index in [9.17, 15) is 9.59 Å². The van der Waals surface area contributed by atoms with Crippen LogP contribution >= 0.6 is 47.3 Å². The molecular formula is C25H23ClN2O3S3. The summed E-state index contributed by atoms with van der Waals surface area (Å²) in [7, 11) is 0. The number of hydrogen-bond donors (Lipinski definition) is 1. The Balaban J connectivity index is 1.14. The molecule has 4 bridgehead atoms. The molecule has 0 unspecified atom stereocenters. The minimum absolute atomic E-state index is 0.0381. The quantitative estimate of drug-likeness (QED) is 0.350. The number of carbonyl (C=O) groups excluding carboxylic acids is 2. The molecule has 0 atom stereocenters. The summed E-state index contributed by atoms with van der Waals surface area (Å²) >= 11 is 14.0. The van der Waals surface area contributed by atoms with E-state index in [1.807, 2.05) is 36.4 Å². The van der Waals surface area contributed by atoms with Crippen LogP contribution in [0.1, 0.15) is 44.3 Å². The first-order valence-corrected chi connectivity index (χ1v) is 13.9. The Morgan fingerprint density at radius 2 is 1.76 bits per heavy atom. The van der Waals surface area contributed by atoms with E-state index in [1.165, 1.54) is 47.8 Å². The van der Waals surface area contributed by atoms with Gasteiger partial charge in [-0.15, -0.1) is 0 Å². The predicted molar refractivity (Wildman–Crippen MR) is 138 cm³/mol. The molecule has 5 fully saturated rings. The van der Waals surface area contributed by atoms with Crippen molar-refractivity contribution in [3.63, 3.8) is 0 Å². The van der Waals surface area contributed by atoms with Crippen molar-refractivity contribution in [2.75, 3.05) is 0 Å². The van der Waals surface area contributed by atoms with Crippen molar-refractivity contribution in [2.24, 2.45) is 23.2 Å². The van der Waals surface area contributed by atoms with Crippen LogP contribution in [0.2, 0.25) is 5.02 Å². The Morgan fingerprint density at radius 1 is 1.12 bits per heavy atom. The molecule has 2 amide bonds. The standard InChI is InChI=1S/C25H23ClN2O3S3/c26-17-1-4-19(5-2-17)33-21-6-3-18(31-21)10-20-22(29)28(24(32)34-20)27-23(30)25-11-14-7-15(12-25)9-16(8-14)13-25/h1-6,10,14-16H,7-9,11-13H2,(H,27,30)/b20-10-. The number of thioether (sulfide) groups is 1. The van der Waals surface area contributed by atoms with E-state index < -0.39 is 0 Å². The lowest BCUT2D eigenvalue weighted by molar-refractivity contribution is -0.152. The van der Waals surface area contributed by atoms with Gasteiger partial charge >= 0.3 is 0 Å².